The number of aliphatic hydroxyl groups excluding tert-OH is 1. The molecule has 0 aliphatic rings. The maximum Gasteiger partial charge on any atom is 0.0431 e. The Morgan fingerprint density at radius 2 is 0.950 bits per heavy atom. The Hall–Kier alpha value is -0.300. The zero-order chi connectivity index (χ0) is 14.7. The number of aliphatic hydroxyl groups is 1. The summed E-state index contributed by atoms with van der Waals surface area (Å²) in [6.45, 7) is 2.64. The molecule has 0 saturated heterocycles. The average molecular weight is 283 g/mol. The molecule has 0 aromatic rings. The second-order valence-corrected chi connectivity index (χ2v) is 6.02. The molecule has 0 aromatic carbocycles. The highest BCUT2D eigenvalue weighted by atomic mass is 16.2. The Labute approximate surface area is 127 Å². The summed E-state index contributed by atoms with van der Waals surface area (Å²) >= 11 is 0. The Balaban J connectivity index is 3.01. The van der Waals surface area contributed by atoms with Crippen molar-refractivity contribution >= 4 is 0 Å². The second kappa shape index (κ2) is 18.7. The van der Waals surface area contributed by atoms with E-state index in [2.05, 4.69) is 19.1 Å². The minimum atomic E-state index is 0.366. The Bertz CT molecular complexity index is 186. The van der Waals surface area contributed by atoms with Crippen molar-refractivity contribution in [2.45, 2.75) is 103 Å². The highest BCUT2D eigenvalue weighted by Crippen LogP contribution is 2.10. The molecule has 0 amide bonds. The molecule has 0 saturated carbocycles. The third-order valence-electron chi connectivity index (χ3n) is 3.92. The highest BCUT2D eigenvalue weighted by Gasteiger charge is 1.91. The van der Waals surface area contributed by atoms with Gasteiger partial charge in [-0.3, -0.25) is 0 Å². The number of hydrogen-bond donors (Lipinski definition) is 1. The number of hydrogen-bond acceptors (Lipinski definition) is 1. The maximum atomic E-state index is 8.68. The van der Waals surface area contributed by atoms with Crippen molar-refractivity contribution in [2.24, 2.45) is 0 Å². The SMILES string of the molecule is CCCCCCC/C=C/CCCCCCCCCCO. The Kier molecular flexibility index (Phi) is 18.4. The van der Waals surface area contributed by atoms with E-state index in [-0.39, 0.29) is 0 Å². The molecule has 1 N–H and O–H groups in total. The van der Waals surface area contributed by atoms with Crippen LogP contribution in [0.15, 0.2) is 12.2 Å². The minimum Gasteiger partial charge on any atom is -0.396 e. The number of unbranched alkanes of at least 4 members (excludes halogenated alkanes) is 13. The van der Waals surface area contributed by atoms with Crippen LogP contribution in [0.1, 0.15) is 103 Å². The van der Waals surface area contributed by atoms with E-state index in [1.165, 1.54) is 89.9 Å². The first-order chi connectivity index (χ1) is 9.91. The molecule has 0 fully saturated rings. The van der Waals surface area contributed by atoms with Crippen LogP contribution < -0.4 is 0 Å². The molecule has 0 rings (SSSR count). The smallest absolute Gasteiger partial charge is 0.0431 e. The van der Waals surface area contributed by atoms with Gasteiger partial charge in [0.1, 0.15) is 0 Å². The first-order valence-corrected chi connectivity index (χ1v) is 9.17. The lowest BCUT2D eigenvalue weighted by molar-refractivity contribution is 0.282. The van der Waals surface area contributed by atoms with E-state index in [0.29, 0.717) is 6.61 Å². The number of rotatable bonds is 16. The lowest BCUT2D eigenvalue weighted by Crippen LogP contribution is -1.84. The fourth-order valence-corrected chi connectivity index (χ4v) is 2.54. The van der Waals surface area contributed by atoms with E-state index >= 15 is 0 Å². The molecule has 20 heavy (non-hydrogen) atoms. The third-order valence-corrected chi connectivity index (χ3v) is 3.92. The van der Waals surface area contributed by atoms with E-state index in [4.69, 9.17) is 5.11 Å². The predicted molar refractivity (Wildman–Crippen MR) is 91.2 cm³/mol. The van der Waals surface area contributed by atoms with Crippen LogP contribution in [0.3, 0.4) is 0 Å². The van der Waals surface area contributed by atoms with Crippen molar-refractivity contribution in [1.29, 1.82) is 0 Å². The summed E-state index contributed by atoms with van der Waals surface area (Å²) in [7, 11) is 0. The van der Waals surface area contributed by atoms with Crippen LogP contribution in [0.25, 0.3) is 0 Å². The minimum absolute atomic E-state index is 0.366. The lowest BCUT2D eigenvalue weighted by atomic mass is 10.1. The molecule has 0 bridgehead atoms. The van der Waals surface area contributed by atoms with Crippen LogP contribution in [0.4, 0.5) is 0 Å². The summed E-state index contributed by atoms with van der Waals surface area (Å²) < 4.78 is 0. The molecule has 0 spiro atoms. The molecule has 0 aliphatic carbocycles. The molecule has 0 unspecified atom stereocenters. The Morgan fingerprint density at radius 1 is 0.550 bits per heavy atom. The van der Waals surface area contributed by atoms with Gasteiger partial charge >= 0.3 is 0 Å². The van der Waals surface area contributed by atoms with Crippen LogP contribution in [0.2, 0.25) is 0 Å². The second-order valence-electron chi connectivity index (χ2n) is 6.02. The van der Waals surface area contributed by atoms with Gasteiger partial charge in [-0.2, -0.15) is 0 Å². The molecule has 0 radical (unpaired) electrons. The fraction of sp³-hybridized carbons (Fsp3) is 0.895. The molecular formula is C19H38O. The van der Waals surface area contributed by atoms with Gasteiger partial charge in [0.15, 0.2) is 0 Å². The molecule has 0 aromatic heterocycles. The summed E-state index contributed by atoms with van der Waals surface area (Å²) in [6, 6.07) is 0. The molecular weight excluding hydrogens is 244 g/mol. The first kappa shape index (κ1) is 19.7. The van der Waals surface area contributed by atoms with Crippen molar-refractivity contribution in [3.63, 3.8) is 0 Å². The molecule has 120 valence electrons. The van der Waals surface area contributed by atoms with Crippen LogP contribution in [-0.2, 0) is 0 Å². The van der Waals surface area contributed by atoms with Gasteiger partial charge in [-0.25, -0.2) is 0 Å². The predicted octanol–water partition coefficient (Wildman–Crippen LogP) is 6.41. The Morgan fingerprint density at radius 3 is 1.40 bits per heavy atom. The highest BCUT2D eigenvalue weighted by molar-refractivity contribution is 4.81. The van der Waals surface area contributed by atoms with Gasteiger partial charge in [-0.1, -0.05) is 83.3 Å². The van der Waals surface area contributed by atoms with Crippen LogP contribution in [0.5, 0.6) is 0 Å². The van der Waals surface area contributed by atoms with E-state index < -0.39 is 0 Å². The van der Waals surface area contributed by atoms with E-state index in [1.54, 1.807) is 0 Å². The normalized spacial score (nSPS) is 11.5. The number of allylic oxidation sites excluding steroid dienone is 2. The van der Waals surface area contributed by atoms with Gasteiger partial charge in [0.05, 0.1) is 0 Å². The van der Waals surface area contributed by atoms with Crippen molar-refractivity contribution in [1.82, 2.24) is 0 Å². The molecule has 1 nitrogen and oxygen atoms in total. The van der Waals surface area contributed by atoms with Gasteiger partial charge in [-0.15, -0.1) is 0 Å². The topological polar surface area (TPSA) is 20.2 Å². The first-order valence-electron chi connectivity index (χ1n) is 9.17. The van der Waals surface area contributed by atoms with Gasteiger partial charge in [0.25, 0.3) is 0 Å². The van der Waals surface area contributed by atoms with Crippen molar-refractivity contribution in [3.05, 3.63) is 12.2 Å². The summed E-state index contributed by atoms with van der Waals surface area (Å²) in [5.74, 6) is 0. The largest absolute Gasteiger partial charge is 0.396 e. The fourth-order valence-electron chi connectivity index (χ4n) is 2.54. The zero-order valence-corrected chi connectivity index (χ0v) is 13.9. The van der Waals surface area contributed by atoms with E-state index in [1.807, 2.05) is 0 Å². The van der Waals surface area contributed by atoms with E-state index in [9.17, 15) is 0 Å². The van der Waals surface area contributed by atoms with Gasteiger partial charge in [0, 0.05) is 6.61 Å². The summed E-state index contributed by atoms with van der Waals surface area (Å²) in [6.07, 6.45) is 24.7. The summed E-state index contributed by atoms with van der Waals surface area (Å²) in [5.41, 5.74) is 0. The van der Waals surface area contributed by atoms with Crippen LogP contribution >= 0.6 is 0 Å². The molecule has 0 aliphatic heterocycles. The summed E-state index contributed by atoms with van der Waals surface area (Å²) in [5, 5.41) is 8.68. The van der Waals surface area contributed by atoms with Gasteiger partial charge in [-0.05, 0) is 32.1 Å². The van der Waals surface area contributed by atoms with Crippen molar-refractivity contribution < 1.29 is 5.11 Å². The maximum absolute atomic E-state index is 8.68. The standard InChI is InChI=1S/C19H38O/c1-2-3-4-5-6-7-8-9-10-11-12-13-14-15-16-17-18-19-20/h8-9,20H,2-7,10-19H2,1H3/b9-8+. The van der Waals surface area contributed by atoms with Crippen molar-refractivity contribution in [2.75, 3.05) is 6.61 Å². The third kappa shape index (κ3) is 17.7. The van der Waals surface area contributed by atoms with Crippen LogP contribution in [0, 0.1) is 0 Å². The molecule has 0 heterocycles. The summed E-state index contributed by atoms with van der Waals surface area (Å²) in [4.78, 5) is 0. The lowest BCUT2D eigenvalue weighted by Gasteiger charge is -2.00. The monoisotopic (exact) mass is 282 g/mol. The van der Waals surface area contributed by atoms with Crippen LogP contribution in [-0.4, -0.2) is 11.7 Å². The molecule has 0 atom stereocenters. The van der Waals surface area contributed by atoms with Gasteiger partial charge < -0.3 is 5.11 Å². The van der Waals surface area contributed by atoms with Gasteiger partial charge in [0.2, 0.25) is 0 Å². The zero-order valence-electron chi connectivity index (χ0n) is 13.9. The van der Waals surface area contributed by atoms with Crippen molar-refractivity contribution in [3.8, 4) is 0 Å². The van der Waals surface area contributed by atoms with E-state index in [0.717, 1.165) is 6.42 Å². The average Bonchev–Trinajstić information content (AvgIpc) is 2.47. The molecule has 1 heteroatoms. The quantitative estimate of drug-likeness (QED) is 0.256.